The van der Waals surface area contributed by atoms with Crippen molar-refractivity contribution in [3.8, 4) is 17.3 Å². The maximum atomic E-state index is 12.8. The largest absolute Gasteiger partial charge is 0.493 e. The Hall–Kier alpha value is -5.06. The van der Waals surface area contributed by atoms with Crippen LogP contribution in [0.3, 0.4) is 0 Å². The van der Waals surface area contributed by atoms with Crippen molar-refractivity contribution < 1.29 is 9.47 Å². The fraction of sp³-hybridized carbons (Fsp3) is 0.120. The number of nitrogens with two attached hydrogens (primary N) is 2. The molecule has 2 heterocycles. The SMILES string of the molecule is C=CCOc1cc(C(Nc2ccc(C(=N)N)cc2)c2nn(-c3ncccc3N)c(=O)[nH]2)ccc1OC. The molecule has 2 aromatic heterocycles. The monoisotopic (exact) mass is 486 g/mol. The first-order valence-electron chi connectivity index (χ1n) is 10.9. The summed E-state index contributed by atoms with van der Waals surface area (Å²) >= 11 is 0. The standard InChI is InChI=1S/C25H26N8O3/c1-3-13-36-20-14-16(8-11-19(20)35-2)21(30-17-9-6-15(7-10-17)22(27)28)23-31-25(34)33(32-23)24-18(26)5-4-12-29-24/h3-12,14,21,30H,1,13,26H2,2H3,(H3,27,28)(H,31,32,34). The maximum Gasteiger partial charge on any atom is 0.349 e. The molecule has 11 nitrogen and oxygen atoms in total. The molecule has 7 N–H and O–H groups in total. The summed E-state index contributed by atoms with van der Waals surface area (Å²) in [6.45, 7) is 3.98. The number of aromatic nitrogens is 4. The summed E-state index contributed by atoms with van der Waals surface area (Å²) in [6.07, 6.45) is 3.17. The van der Waals surface area contributed by atoms with Crippen LogP contribution in [0.2, 0.25) is 0 Å². The Morgan fingerprint density at radius 2 is 2.03 bits per heavy atom. The summed E-state index contributed by atoms with van der Waals surface area (Å²) in [4.78, 5) is 19.8. The zero-order valence-electron chi connectivity index (χ0n) is 19.6. The highest BCUT2D eigenvalue weighted by Gasteiger charge is 2.23. The van der Waals surface area contributed by atoms with Crippen molar-refractivity contribution in [2.45, 2.75) is 6.04 Å². The number of methoxy groups -OCH3 is 1. The number of H-pyrrole nitrogens is 1. The van der Waals surface area contributed by atoms with Gasteiger partial charge in [-0.1, -0.05) is 18.7 Å². The van der Waals surface area contributed by atoms with Crippen molar-refractivity contribution in [3.05, 3.63) is 101 Å². The van der Waals surface area contributed by atoms with Crippen LogP contribution >= 0.6 is 0 Å². The van der Waals surface area contributed by atoms with Crippen LogP contribution in [0.1, 0.15) is 23.0 Å². The topological polar surface area (TPSA) is 170 Å². The summed E-state index contributed by atoms with van der Waals surface area (Å²) in [7, 11) is 1.55. The van der Waals surface area contributed by atoms with E-state index < -0.39 is 11.7 Å². The first-order valence-corrected chi connectivity index (χ1v) is 10.9. The number of pyridine rings is 1. The van der Waals surface area contributed by atoms with Crippen LogP contribution in [0.5, 0.6) is 11.5 Å². The van der Waals surface area contributed by atoms with Crippen molar-refractivity contribution in [1.82, 2.24) is 19.7 Å². The van der Waals surface area contributed by atoms with Gasteiger partial charge in [0.25, 0.3) is 0 Å². The first kappa shape index (κ1) is 24.1. The third-order valence-corrected chi connectivity index (χ3v) is 5.31. The number of hydrogen-bond acceptors (Lipinski definition) is 8. The summed E-state index contributed by atoms with van der Waals surface area (Å²) < 4.78 is 12.3. The van der Waals surface area contributed by atoms with E-state index in [0.717, 1.165) is 10.2 Å². The second kappa shape index (κ2) is 10.5. The average molecular weight is 487 g/mol. The molecule has 0 saturated carbocycles. The van der Waals surface area contributed by atoms with Gasteiger partial charge in [-0.2, -0.15) is 4.68 Å². The highest BCUT2D eigenvalue weighted by Crippen LogP contribution is 2.33. The molecule has 36 heavy (non-hydrogen) atoms. The van der Waals surface area contributed by atoms with Crippen LogP contribution in [0.15, 0.2) is 78.2 Å². The Bertz CT molecular complexity index is 1440. The quantitative estimate of drug-likeness (QED) is 0.129. The van der Waals surface area contributed by atoms with E-state index in [-0.39, 0.29) is 18.3 Å². The zero-order chi connectivity index (χ0) is 25.7. The van der Waals surface area contributed by atoms with Crippen molar-refractivity contribution >= 4 is 17.2 Å². The van der Waals surface area contributed by atoms with Gasteiger partial charge < -0.3 is 26.3 Å². The van der Waals surface area contributed by atoms with Gasteiger partial charge in [0.1, 0.15) is 18.5 Å². The number of amidine groups is 1. The lowest BCUT2D eigenvalue weighted by Gasteiger charge is -2.20. The van der Waals surface area contributed by atoms with E-state index >= 15 is 0 Å². The summed E-state index contributed by atoms with van der Waals surface area (Å²) in [5.41, 5.74) is 13.5. The van der Waals surface area contributed by atoms with Gasteiger partial charge >= 0.3 is 5.69 Å². The number of hydrogen-bond donors (Lipinski definition) is 5. The summed E-state index contributed by atoms with van der Waals surface area (Å²) in [6, 6.07) is 15.1. The predicted octanol–water partition coefficient (Wildman–Crippen LogP) is 2.60. The minimum Gasteiger partial charge on any atom is -0.493 e. The third kappa shape index (κ3) is 5.04. The molecular formula is C25H26N8O3. The number of anilines is 2. The zero-order valence-corrected chi connectivity index (χ0v) is 19.6. The van der Waals surface area contributed by atoms with Gasteiger partial charge in [-0.25, -0.2) is 9.78 Å². The van der Waals surface area contributed by atoms with Crippen molar-refractivity contribution in [1.29, 1.82) is 5.41 Å². The molecule has 4 rings (SSSR count). The Balaban J connectivity index is 1.80. The van der Waals surface area contributed by atoms with E-state index in [9.17, 15) is 4.79 Å². The summed E-state index contributed by atoms with van der Waals surface area (Å²) in [5, 5.41) is 15.5. The van der Waals surface area contributed by atoms with Crippen LogP contribution in [-0.4, -0.2) is 39.3 Å². The molecule has 1 atom stereocenters. The average Bonchev–Trinajstić information content (AvgIpc) is 3.27. The van der Waals surface area contributed by atoms with E-state index in [2.05, 4.69) is 27.0 Å². The van der Waals surface area contributed by atoms with Crippen LogP contribution in [0.4, 0.5) is 11.4 Å². The molecule has 0 aliphatic heterocycles. The van der Waals surface area contributed by atoms with E-state index in [4.69, 9.17) is 26.4 Å². The number of nitrogen functional groups attached to an aromatic ring is 2. The molecule has 0 saturated heterocycles. The Labute approximate surface area is 206 Å². The third-order valence-electron chi connectivity index (χ3n) is 5.31. The number of nitrogens with one attached hydrogen (secondary N) is 3. The Morgan fingerprint density at radius 1 is 1.25 bits per heavy atom. The lowest BCUT2D eigenvalue weighted by Crippen LogP contribution is -2.18. The van der Waals surface area contributed by atoms with Crippen molar-refractivity contribution in [3.63, 3.8) is 0 Å². The molecule has 0 aliphatic carbocycles. The molecule has 4 aromatic rings. The van der Waals surface area contributed by atoms with Gasteiger partial charge in [0.15, 0.2) is 23.1 Å². The molecule has 0 bridgehead atoms. The van der Waals surface area contributed by atoms with Crippen LogP contribution < -0.4 is 31.9 Å². The molecule has 11 heteroatoms. The van der Waals surface area contributed by atoms with Crippen LogP contribution in [0.25, 0.3) is 5.82 Å². The fourth-order valence-electron chi connectivity index (χ4n) is 3.56. The van der Waals surface area contributed by atoms with Gasteiger partial charge in [-0.15, -0.1) is 5.10 Å². The van der Waals surface area contributed by atoms with Crippen LogP contribution in [-0.2, 0) is 0 Å². The number of nitrogens with zero attached hydrogens (tertiary/aromatic N) is 3. The minimum atomic E-state index is -0.607. The van der Waals surface area contributed by atoms with Crippen LogP contribution in [0, 0.1) is 5.41 Å². The number of benzene rings is 2. The lowest BCUT2D eigenvalue weighted by molar-refractivity contribution is 0.326. The first-order chi connectivity index (χ1) is 17.4. The van der Waals surface area contributed by atoms with Gasteiger partial charge in [0.05, 0.1) is 12.8 Å². The molecule has 1 unspecified atom stereocenters. The molecule has 0 fully saturated rings. The Morgan fingerprint density at radius 3 is 2.69 bits per heavy atom. The minimum absolute atomic E-state index is 0.0340. The molecule has 0 amide bonds. The molecule has 0 spiro atoms. The lowest BCUT2D eigenvalue weighted by atomic mass is 10.0. The molecule has 0 radical (unpaired) electrons. The molecule has 2 aromatic carbocycles. The second-order valence-corrected chi connectivity index (χ2v) is 7.72. The summed E-state index contributed by atoms with van der Waals surface area (Å²) in [5.74, 6) is 1.56. The number of rotatable bonds is 10. The highest BCUT2D eigenvalue weighted by atomic mass is 16.5. The van der Waals surface area contributed by atoms with Crippen molar-refractivity contribution in [2.24, 2.45) is 5.73 Å². The Kier molecular flexibility index (Phi) is 7.00. The van der Waals surface area contributed by atoms with E-state index in [1.807, 2.05) is 6.07 Å². The molecular weight excluding hydrogens is 460 g/mol. The van der Waals surface area contributed by atoms with Gasteiger partial charge in [0, 0.05) is 17.4 Å². The highest BCUT2D eigenvalue weighted by molar-refractivity contribution is 5.95. The normalized spacial score (nSPS) is 11.5. The van der Waals surface area contributed by atoms with Gasteiger partial charge in [0.2, 0.25) is 0 Å². The van der Waals surface area contributed by atoms with E-state index in [1.165, 1.54) is 6.20 Å². The van der Waals surface area contributed by atoms with Crippen molar-refractivity contribution in [2.75, 3.05) is 24.8 Å². The van der Waals surface area contributed by atoms with Gasteiger partial charge in [-0.05, 0) is 54.1 Å². The fourth-order valence-corrected chi connectivity index (χ4v) is 3.56. The molecule has 0 aliphatic rings. The number of ether oxygens (including phenoxy) is 2. The van der Waals surface area contributed by atoms with Gasteiger partial charge in [-0.3, -0.25) is 10.4 Å². The van der Waals surface area contributed by atoms with E-state index in [1.54, 1.807) is 61.7 Å². The second-order valence-electron chi connectivity index (χ2n) is 7.72. The maximum absolute atomic E-state index is 12.8. The molecule has 184 valence electrons. The smallest absolute Gasteiger partial charge is 0.349 e. The number of aromatic amines is 1. The van der Waals surface area contributed by atoms with E-state index in [0.29, 0.717) is 34.3 Å². The predicted molar refractivity (Wildman–Crippen MR) is 138 cm³/mol.